The average molecular weight is 488 g/mol. The summed E-state index contributed by atoms with van der Waals surface area (Å²) in [6, 6.07) is 23.5. The van der Waals surface area contributed by atoms with Crippen molar-refractivity contribution in [3.63, 3.8) is 0 Å². The Kier molecular flexibility index (Phi) is 7.25. The topological polar surface area (TPSA) is 56.6 Å². The maximum Gasteiger partial charge on any atom is 0.264 e. The molecule has 0 aliphatic carbocycles. The minimum absolute atomic E-state index is 0.00988. The molecule has 7 heteroatoms. The Morgan fingerprint density at radius 1 is 1.11 bits per heavy atom. The molecule has 35 heavy (non-hydrogen) atoms. The van der Waals surface area contributed by atoms with Crippen molar-refractivity contribution >= 4 is 17.2 Å². The van der Waals surface area contributed by atoms with Crippen LogP contribution in [-0.2, 0) is 17.7 Å². The molecule has 1 atom stereocenters. The number of thiophene rings is 1. The normalized spacial score (nSPS) is 15.3. The summed E-state index contributed by atoms with van der Waals surface area (Å²) in [6.45, 7) is 3.77. The molecule has 4 aromatic rings. The van der Waals surface area contributed by atoms with Crippen molar-refractivity contribution in [2.45, 2.75) is 38.8 Å². The van der Waals surface area contributed by atoms with E-state index >= 15 is 0 Å². The number of hydrogen-bond acceptors (Lipinski definition) is 5. The number of rotatable bonds is 9. The van der Waals surface area contributed by atoms with E-state index in [1.54, 1.807) is 0 Å². The summed E-state index contributed by atoms with van der Waals surface area (Å²) in [4.78, 5) is 16.2. The highest BCUT2D eigenvalue weighted by Gasteiger charge is 2.28. The van der Waals surface area contributed by atoms with Crippen LogP contribution in [0.5, 0.6) is 11.6 Å². The molecule has 2 aromatic heterocycles. The van der Waals surface area contributed by atoms with E-state index in [1.807, 2.05) is 87.8 Å². The number of aromatic nitrogens is 2. The third-order valence-corrected chi connectivity index (χ3v) is 6.99. The fourth-order valence-electron chi connectivity index (χ4n) is 4.37. The van der Waals surface area contributed by atoms with Gasteiger partial charge in [0, 0.05) is 13.2 Å². The second-order valence-electron chi connectivity index (χ2n) is 8.54. The first-order valence-corrected chi connectivity index (χ1v) is 12.9. The van der Waals surface area contributed by atoms with Crippen LogP contribution in [0.4, 0.5) is 0 Å². The zero-order valence-electron chi connectivity index (χ0n) is 19.8. The van der Waals surface area contributed by atoms with Crippen molar-refractivity contribution in [2.75, 3.05) is 13.2 Å². The molecule has 0 spiro atoms. The van der Waals surface area contributed by atoms with E-state index in [0.29, 0.717) is 19.0 Å². The first-order valence-electron chi connectivity index (χ1n) is 12.1. The number of carbonyl (C=O) groups excluding carboxylic acids is 1. The van der Waals surface area contributed by atoms with E-state index in [1.165, 1.54) is 11.3 Å². The van der Waals surface area contributed by atoms with Gasteiger partial charge in [-0.1, -0.05) is 49.4 Å². The predicted molar refractivity (Wildman–Crippen MR) is 137 cm³/mol. The highest BCUT2D eigenvalue weighted by atomic mass is 32.1. The van der Waals surface area contributed by atoms with Gasteiger partial charge < -0.3 is 14.4 Å². The Balaban J connectivity index is 1.56. The van der Waals surface area contributed by atoms with Crippen LogP contribution in [0.2, 0.25) is 0 Å². The van der Waals surface area contributed by atoms with Gasteiger partial charge in [0.05, 0.1) is 34.5 Å². The highest BCUT2D eigenvalue weighted by Crippen LogP contribution is 2.33. The van der Waals surface area contributed by atoms with E-state index in [0.717, 1.165) is 53.4 Å². The van der Waals surface area contributed by atoms with E-state index in [4.69, 9.17) is 14.6 Å². The smallest absolute Gasteiger partial charge is 0.264 e. The molecule has 180 valence electrons. The van der Waals surface area contributed by atoms with Crippen LogP contribution < -0.4 is 4.74 Å². The third kappa shape index (κ3) is 5.31. The molecule has 1 aliphatic heterocycles. The van der Waals surface area contributed by atoms with Gasteiger partial charge in [-0.3, -0.25) is 4.79 Å². The van der Waals surface area contributed by atoms with Crippen molar-refractivity contribution in [3.05, 3.63) is 94.3 Å². The minimum Gasteiger partial charge on any atom is -0.439 e. The SMILES string of the molecule is CCc1nn(-c2ccccc2)c(Oc2ccccc2)c1CN(C[C@@H]1CCCO1)C(=O)c1cccs1. The Morgan fingerprint density at radius 2 is 1.89 bits per heavy atom. The van der Waals surface area contributed by atoms with Gasteiger partial charge in [-0.25, -0.2) is 4.68 Å². The largest absolute Gasteiger partial charge is 0.439 e. The van der Waals surface area contributed by atoms with Gasteiger partial charge in [-0.15, -0.1) is 11.3 Å². The Labute approximate surface area is 209 Å². The van der Waals surface area contributed by atoms with Crippen molar-refractivity contribution in [1.82, 2.24) is 14.7 Å². The second kappa shape index (κ2) is 10.9. The van der Waals surface area contributed by atoms with Crippen LogP contribution in [-0.4, -0.2) is 39.8 Å². The van der Waals surface area contributed by atoms with Crippen molar-refractivity contribution < 1.29 is 14.3 Å². The summed E-state index contributed by atoms with van der Waals surface area (Å²) in [5.74, 6) is 1.37. The Hall–Kier alpha value is -3.42. The van der Waals surface area contributed by atoms with Gasteiger partial charge in [-0.05, 0) is 55.0 Å². The summed E-state index contributed by atoms with van der Waals surface area (Å²) < 4.78 is 14.2. The molecule has 0 unspecified atom stereocenters. The predicted octanol–water partition coefficient (Wildman–Crippen LogP) is 6.11. The van der Waals surface area contributed by atoms with Crippen LogP contribution >= 0.6 is 11.3 Å². The van der Waals surface area contributed by atoms with Crippen LogP contribution in [0.1, 0.15) is 40.7 Å². The first-order chi connectivity index (χ1) is 17.2. The van der Waals surface area contributed by atoms with Gasteiger partial charge in [0.1, 0.15) is 5.75 Å². The van der Waals surface area contributed by atoms with Gasteiger partial charge in [-0.2, -0.15) is 5.10 Å². The number of aryl methyl sites for hydroxylation is 1. The van der Waals surface area contributed by atoms with Crippen LogP contribution in [0, 0.1) is 0 Å². The van der Waals surface area contributed by atoms with Crippen LogP contribution in [0.3, 0.4) is 0 Å². The Bertz CT molecular complexity index is 1230. The molecular formula is C28H29N3O3S. The van der Waals surface area contributed by atoms with Crippen molar-refractivity contribution in [3.8, 4) is 17.3 Å². The highest BCUT2D eigenvalue weighted by molar-refractivity contribution is 7.12. The second-order valence-corrected chi connectivity index (χ2v) is 9.49. The van der Waals surface area contributed by atoms with E-state index < -0.39 is 0 Å². The molecule has 1 amide bonds. The zero-order chi connectivity index (χ0) is 24.0. The number of nitrogens with zero attached hydrogens (tertiary/aromatic N) is 3. The van der Waals surface area contributed by atoms with Gasteiger partial charge in [0.15, 0.2) is 0 Å². The molecule has 1 aliphatic rings. The molecule has 6 nitrogen and oxygen atoms in total. The Morgan fingerprint density at radius 3 is 2.54 bits per heavy atom. The fraction of sp³-hybridized carbons (Fsp3) is 0.286. The van der Waals surface area contributed by atoms with Gasteiger partial charge >= 0.3 is 0 Å². The molecular weight excluding hydrogens is 458 g/mol. The number of hydrogen-bond donors (Lipinski definition) is 0. The zero-order valence-corrected chi connectivity index (χ0v) is 20.6. The lowest BCUT2D eigenvalue weighted by atomic mass is 10.1. The van der Waals surface area contributed by atoms with Crippen LogP contribution in [0.15, 0.2) is 78.2 Å². The monoisotopic (exact) mass is 487 g/mol. The first kappa shape index (κ1) is 23.3. The molecule has 0 radical (unpaired) electrons. The number of carbonyl (C=O) groups is 1. The molecule has 0 N–H and O–H groups in total. The summed E-state index contributed by atoms with van der Waals surface area (Å²) in [7, 11) is 0. The maximum absolute atomic E-state index is 13.6. The van der Waals surface area contributed by atoms with Crippen LogP contribution in [0.25, 0.3) is 5.69 Å². The van der Waals surface area contributed by atoms with Gasteiger partial charge in [0.2, 0.25) is 5.88 Å². The fourth-order valence-corrected chi connectivity index (χ4v) is 5.06. The molecule has 5 rings (SSSR count). The summed E-state index contributed by atoms with van der Waals surface area (Å²) in [6.07, 6.45) is 2.76. The number of benzene rings is 2. The van der Waals surface area contributed by atoms with E-state index in [-0.39, 0.29) is 12.0 Å². The van der Waals surface area contributed by atoms with E-state index in [9.17, 15) is 4.79 Å². The number of ether oxygens (including phenoxy) is 2. The number of amides is 1. The number of para-hydroxylation sites is 2. The van der Waals surface area contributed by atoms with Crippen molar-refractivity contribution in [1.29, 1.82) is 0 Å². The lowest BCUT2D eigenvalue weighted by Gasteiger charge is -2.25. The third-order valence-electron chi connectivity index (χ3n) is 6.13. The quantitative estimate of drug-likeness (QED) is 0.286. The summed E-state index contributed by atoms with van der Waals surface area (Å²) in [5, 5.41) is 6.86. The standard InChI is InChI=1S/C28H29N3O3S/c1-2-25-24(20-30(19-23-15-9-17-33-23)27(32)26-16-10-18-35-26)28(34-22-13-7-4-8-14-22)31(29-25)21-11-5-3-6-12-21/h3-8,10-14,16,18,23H,2,9,15,17,19-20H2,1H3/t23-/m0/s1. The lowest BCUT2D eigenvalue weighted by molar-refractivity contribution is 0.0509. The maximum atomic E-state index is 13.6. The lowest BCUT2D eigenvalue weighted by Crippen LogP contribution is -2.36. The molecule has 2 aromatic carbocycles. The molecule has 1 saturated heterocycles. The average Bonchev–Trinajstić information content (AvgIpc) is 3.67. The summed E-state index contributed by atoms with van der Waals surface area (Å²) in [5.41, 5.74) is 2.74. The summed E-state index contributed by atoms with van der Waals surface area (Å²) >= 11 is 1.46. The molecule has 0 bridgehead atoms. The molecule has 3 heterocycles. The minimum atomic E-state index is 0.00988. The van der Waals surface area contributed by atoms with Crippen molar-refractivity contribution in [2.24, 2.45) is 0 Å². The molecule has 0 saturated carbocycles. The van der Waals surface area contributed by atoms with E-state index in [2.05, 4.69) is 6.92 Å². The van der Waals surface area contributed by atoms with Gasteiger partial charge in [0.25, 0.3) is 5.91 Å². The molecule has 1 fully saturated rings.